The van der Waals surface area contributed by atoms with Gasteiger partial charge in [0.05, 0.1) is 11.8 Å². The molecule has 1 heterocycles. The average molecular weight is 194 g/mol. The number of cyclic esters (lactones) is 2. The van der Waals surface area contributed by atoms with Crippen LogP contribution in [0.5, 0.6) is 0 Å². The van der Waals surface area contributed by atoms with Gasteiger partial charge in [-0.15, -0.1) is 0 Å². The predicted octanol–water partition coefficient (Wildman–Crippen LogP) is 1.68. The third-order valence-corrected chi connectivity index (χ3v) is 3.12. The minimum absolute atomic E-state index is 0.204. The second-order valence-electron chi connectivity index (χ2n) is 4.33. The maximum Gasteiger partial charge on any atom is 0.317 e. The van der Waals surface area contributed by atoms with Crippen LogP contribution in [0.1, 0.15) is 26.7 Å². The molecule has 3 heteroatoms. The van der Waals surface area contributed by atoms with Gasteiger partial charge in [-0.2, -0.15) is 0 Å². The highest BCUT2D eigenvalue weighted by Gasteiger charge is 2.45. The Morgan fingerprint density at radius 2 is 1.93 bits per heavy atom. The fourth-order valence-corrected chi connectivity index (χ4v) is 2.15. The van der Waals surface area contributed by atoms with Crippen molar-refractivity contribution in [2.24, 2.45) is 17.8 Å². The quantitative estimate of drug-likeness (QED) is 0.362. The molecular weight excluding hydrogens is 180 g/mol. The molecule has 0 bridgehead atoms. The van der Waals surface area contributed by atoms with E-state index in [2.05, 4.69) is 24.7 Å². The Morgan fingerprint density at radius 1 is 1.29 bits per heavy atom. The van der Waals surface area contributed by atoms with Crippen molar-refractivity contribution in [1.29, 1.82) is 0 Å². The molecule has 76 valence electrons. The van der Waals surface area contributed by atoms with E-state index in [1.807, 2.05) is 0 Å². The second kappa shape index (κ2) is 3.23. The molecule has 14 heavy (non-hydrogen) atoms. The molecule has 2 aliphatic rings. The van der Waals surface area contributed by atoms with E-state index in [1.165, 1.54) is 5.57 Å². The lowest BCUT2D eigenvalue weighted by molar-refractivity contribution is -0.153. The summed E-state index contributed by atoms with van der Waals surface area (Å²) in [6.07, 6.45) is 3.46. The van der Waals surface area contributed by atoms with Gasteiger partial charge < -0.3 is 4.74 Å². The first kappa shape index (κ1) is 9.44. The van der Waals surface area contributed by atoms with E-state index in [1.54, 1.807) is 0 Å². The van der Waals surface area contributed by atoms with E-state index in [0.717, 1.165) is 0 Å². The van der Waals surface area contributed by atoms with Gasteiger partial charge >= 0.3 is 11.9 Å². The van der Waals surface area contributed by atoms with E-state index >= 15 is 0 Å². The molecule has 0 aromatic rings. The van der Waals surface area contributed by atoms with Crippen molar-refractivity contribution < 1.29 is 14.3 Å². The van der Waals surface area contributed by atoms with Gasteiger partial charge in [0, 0.05) is 0 Å². The number of esters is 2. The molecule has 0 saturated carbocycles. The van der Waals surface area contributed by atoms with Crippen LogP contribution < -0.4 is 0 Å². The highest BCUT2D eigenvalue weighted by Crippen LogP contribution is 2.38. The Balaban J connectivity index is 2.20. The van der Waals surface area contributed by atoms with Crippen molar-refractivity contribution in [2.45, 2.75) is 26.7 Å². The largest absolute Gasteiger partial charge is 0.393 e. The Hall–Kier alpha value is -1.12. The number of rotatable bonds is 1. The van der Waals surface area contributed by atoms with Crippen LogP contribution in [0.15, 0.2) is 11.6 Å². The SMILES string of the molecule is CC(C)C1=CC[C@@H]2C(=O)OC(=O)[C@@H]2C1. The van der Waals surface area contributed by atoms with Gasteiger partial charge in [-0.1, -0.05) is 25.5 Å². The molecule has 1 aliphatic heterocycles. The average Bonchev–Trinajstić information content (AvgIpc) is 2.42. The molecule has 0 unspecified atom stereocenters. The van der Waals surface area contributed by atoms with Gasteiger partial charge in [-0.3, -0.25) is 9.59 Å². The Kier molecular flexibility index (Phi) is 2.17. The highest BCUT2D eigenvalue weighted by atomic mass is 16.6. The van der Waals surface area contributed by atoms with E-state index in [4.69, 9.17) is 0 Å². The molecule has 3 nitrogen and oxygen atoms in total. The fraction of sp³-hybridized carbons (Fsp3) is 0.636. The third-order valence-electron chi connectivity index (χ3n) is 3.12. The number of carbonyl (C=O) groups is 2. The lowest BCUT2D eigenvalue weighted by Gasteiger charge is -2.22. The molecule has 2 rings (SSSR count). The van der Waals surface area contributed by atoms with Crippen LogP contribution in [0.25, 0.3) is 0 Å². The van der Waals surface area contributed by atoms with Crippen LogP contribution in [-0.2, 0) is 14.3 Å². The van der Waals surface area contributed by atoms with Gasteiger partial charge in [0.15, 0.2) is 0 Å². The minimum atomic E-state index is -0.334. The first-order valence-electron chi connectivity index (χ1n) is 5.04. The van der Waals surface area contributed by atoms with Crippen LogP contribution in [-0.4, -0.2) is 11.9 Å². The Labute approximate surface area is 83.1 Å². The first-order chi connectivity index (χ1) is 6.59. The minimum Gasteiger partial charge on any atom is -0.393 e. The number of allylic oxidation sites excluding steroid dienone is 2. The van der Waals surface area contributed by atoms with Crippen LogP contribution in [0.3, 0.4) is 0 Å². The van der Waals surface area contributed by atoms with Gasteiger partial charge in [0.1, 0.15) is 0 Å². The van der Waals surface area contributed by atoms with Gasteiger partial charge in [-0.25, -0.2) is 0 Å². The first-order valence-corrected chi connectivity index (χ1v) is 5.04. The number of fused-ring (bicyclic) bond motifs is 1. The normalized spacial score (nSPS) is 31.5. The molecule has 2 atom stereocenters. The fourth-order valence-electron chi connectivity index (χ4n) is 2.15. The molecule has 0 amide bonds. The van der Waals surface area contributed by atoms with Gasteiger partial charge in [0.25, 0.3) is 0 Å². The molecule has 0 N–H and O–H groups in total. The zero-order valence-corrected chi connectivity index (χ0v) is 8.45. The Bertz CT molecular complexity index is 314. The summed E-state index contributed by atoms with van der Waals surface area (Å²) in [4.78, 5) is 22.5. The summed E-state index contributed by atoms with van der Waals surface area (Å²) in [5.74, 6) is -0.611. The van der Waals surface area contributed by atoms with Crippen molar-refractivity contribution >= 4 is 11.9 Å². The standard InChI is InChI=1S/C11H14O3/c1-6(2)7-3-4-8-9(5-7)11(13)14-10(8)12/h3,6,8-9H,4-5H2,1-2H3/t8-,9+/m0/s1. The molecule has 0 spiro atoms. The highest BCUT2D eigenvalue weighted by molar-refractivity contribution is 5.96. The van der Waals surface area contributed by atoms with Crippen LogP contribution in [0.2, 0.25) is 0 Å². The lowest BCUT2D eigenvalue weighted by Crippen LogP contribution is -2.22. The number of hydrogen-bond acceptors (Lipinski definition) is 3. The molecule has 0 radical (unpaired) electrons. The monoisotopic (exact) mass is 194 g/mol. The predicted molar refractivity (Wildman–Crippen MR) is 50.2 cm³/mol. The summed E-state index contributed by atoms with van der Waals surface area (Å²) in [7, 11) is 0. The summed E-state index contributed by atoms with van der Waals surface area (Å²) in [5, 5.41) is 0. The topological polar surface area (TPSA) is 43.4 Å². The summed E-state index contributed by atoms with van der Waals surface area (Å²) in [6, 6.07) is 0. The van der Waals surface area contributed by atoms with Crippen molar-refractivity contribution in [2.75, 3.05) is 0 Å². The summed E-state index contributed by atoms with van der Waals surface area (Å²) >= 11 is 0. The Morgan fingerprint density at radius 3 is 2.57 bits per heavy atom. The van der Waals surface area contributed by atoms with Crippen LogP contribution >= 0.6 is 0 Å². The number of carbonyl (C=O) groups excluding carboxylic acids is 2. The van der Waals surface area contributed by atoms with Crippen molar-refractivity contribution in [1.82, 2.24) is 0 Å². The molecule has 1 saturated heterocycles. The summed E-state index contributed by atoms with van der Waals surface area (Å²) < 4.78 is 4.63. The van der Waals surface area contributed by atoms with Gasteiger partial charge in [-0.05, 0) is 18.8 Å². The molecule has 1 fully saturated rings. The van der Waals surface area contributed by atoms with Crippen LogP contribution in [0.4, 0.5) is 0 Å². The van der Waals surface area contributed by atoms with Crippen molar-refractivity contribution in [3.05, 3.63) is 11.6 Å². The lowest BCUT2D eigenvalue weighted by atomic mass is 9.78. The van der Waals surface area contributed by atoms with E-state index in [0.29, 0.717) is 18.8 Å². The summed E-state index contributed by atoms with van der Waals surface area (Å²) in [6.45, 7) is 4.21. The molecule has 0 aromatic heterocycles. The van der Waals surface area contributed by atoms with E-state index in [9.17, 15) is 9.59 Å². The molecular formula is C11H14O3. The molecule has 0 aromatic carbocycles. The smallest absolute Gasteiger partial charge is 0.317 e. The maximum atomic E-state index is 11.3. The summed E-state index contributed by atoms with van der Waals surface area (Å²) in [5.41, 5.74) is 1.28. The van der Waals surface area contributed by atoms with Crippen molar-refractivity contribution in [3.63, 3.8) is 0 Å². The van der Waals surface area contributed by atoms with Crippen molar-refractivity contribution in [3.8, 4) is 0 Å². The van der Waals surface area contributed by atoms with E-state index in [-0.39, 0.29) is 23.8 Å². The second-order valence-corrected chi connectivity index (χ2v) is 4.33. The number of hydrogen-bond donors (Lipinski definition) is 0. The van der Waals surface area contributed by atoms with E-state index < -0.39 is 0 Å². The zero-order valence-electron chi connectivity index (χ0n) is 8.45. The maximum absolute atomic E-state index is 11.3. The number of ether oxygens (including phenoxy) is 1. The van der Waals surface area contributed by atoms with Gasteiger partial charge in [0.2, 0.25) is 0 Å². The zero-order chi connectivity index (χ0) is 10.3. The van der Waals surface area contributed by atoms with Crippen LogP contribution in [0, 0.1) is 17.8 Å². The third kappa shape index (κ3) is 1.37. The molecule has 1 aliphatic carbocycles.